The van der Waals surface area contributed by atoms with Crippen LogP contribution in [0.1, 0.15) is 40.0 Å². The molecule has 0 bridgehead atoms. The van der Waals surface area contributed by atoms with Crippen molar-refractivity contribution in [3.05, 3.63) is 12.2 Å². The minimum Gasteiger partial charge on any atom is -0.311 e. The number of piperazine rings is 1. The molecular weight excluding hydrogens is 184 g/mol. The largest absolute Gasteiger partial charge is 0.311 e. The van der Waals surface area contributed by atoms with Gasteiger partial charge in [-0.1, -0.05) is 32.4 Å². The summed E-state index contributed by atoms with van der Waals surface area (Å²) in [6.45, 7) is 14.1. The van der Waals surface area contributed by atoms with Crippen LogP contribution in [-0.4, -0.2) is 36.6 Å². The lowest BCUT2D eigenvalue weighted by Crippen LogP contribution is -2.56. The van der Waals surface area contributed by atoms with Gasteiger partial charge in [-0.15, -0.1) is 0 Å². The Hall–Kier alpha value is -0.340. The maximum atomic E-state index is 4.03. The Morgan fingerprint density at radius 2 is 2.20 bits per heavy atom. The Kier molecular flexibility index (Phi) is 5.34. The van der Waals surface area contributed by atoms with Crippen molar-refractivity contribution in [2.24, 2.45) is 0 Å². The van der Waals surface area contributed by atoms with Crippen molar-refractivity contribution in [2.75, 3.05) is 19.6 Å². The zero-order valence-electron chi connectivity index (χ0n) is 10.6. The highest BCUT2D eigenvalue weighted by Gasteiger charge is 2.25. The molecule has 0 aromatic heterocycles. The van der Waals surface area contributed by atoms with Crippen molar-refractivity contribution >= 4 is 0 Å². The molecule has 1 aliphatic heterocycles. The summed E-state index contributed by atoms with van der Waals surface area (Å²) in [6, 6.07) is 1.40. The third-order valence-electron chi connectivity index (χ3n) is 3.19. The minimum absolute atomic E-state index is 0.692. The fourth-order valence-corrected chi connectivity index (χ4v) is 2.41. The van der Waals surface area contributed by atoms with E-state index < -0.39 is 0 Å². The van der Waals surface area contributed by atoms with Crippen LogP contribution in [0.15, 0.2) is 12.2 Å². The second-order valence-electron chi connectivity index (χ2n) is 4.84. The first-order chi connectivity index (χ1) is 7.17. The molecule has 88 valence electrons. The van der Waals surface area contributed by atoms with E-state index in [4.69, 9.17) is 0 Å². The Bertz CT molecular complexity index is 201. The van der Waals surface area contributed by atoms with Gasteiger partial charge in [0.15, 0.2) is 0 Å². The third-order valence-corrected chi connectivity index (χ3v) is 3.19. The average Bonchev–Trinajstić information content (AvgIpc) is 2.18. The predicted octanol–water partition coefficient (Wildman–Crippen LogP) is 2.42. The Balaban J connectivity index is 2.48. The van der Waals surface area contributed by atoms with E-state index in [2.05, 4.69) is 37.6 Å². The van der Waals surface area contributed by atoms with Gasteiger partial charge in [-0.05, 0) is 19.8 Å². The fourth-order valence-electron chi connectivity index (χ4n) is 2.41. The predicted molar refractivity (Wildman–Crippen MR) is 67.2 cm³/mol. The molecule has 1 aliphatic rings. The third kappa shape index (κ3) is 3.96. The van der Waals surface area contributed by atoms with Gasteiger partial charge in [0.05, 0.1) is 0 Å². The first-order valence-corrected chi connectivity index (χ1v) is 6.29. The molecule has 0 aliphatic carbocycles. The van der Waals surface area contributed by atoms with Crippen LogP contribution < -0.4 is 5.32 Å². The highest BCUT2D eigenvalue weighted by atomic mass is 15.2. The smallest absolute Gasteiger partial charge is 0.0222 e. The summed E-state index contributed by atoms with van der Waals surface area (Å²) in [5, 5.41) is 3.65. The van der Waals surface area contributed by atoms with E-state index in [1.807, 2.05) is 0 Å². The molecule has 2 heteroatoms. The molecule has 2 nitrogen and oxygen atoms in total. The van der Waals surface area contributed by atoms with Crippen LogP contribution in [0, 0.1) is 0 Å². The van der Waals surface area contributed by atoms with Crippen LogP contribution in [-0.2, 0) is 0 Å². The molecule has 1 saturated heterocycles. The van der Waals surface area contributed by atoms with E-state index in [-0.39, 0.29) is 0 Å². The van der Waals surface area contributed by atoms with Gasteiger partial charge >= 0.3 is 0 Å². The standard InChI is InChI=1S/C13H26N2/c1-5-7-12-10-15(9-11(3)4)13(6-2)8-14-12/h12-14H,3,5-10H2,1-2,4H3. The van der Waals surface area contributed by atoms with Crippen LogP contribution in [0.25, 0.3) is 0 Å². The van der Waals surface area contributed by atoms with Gasteiger partial charge in [-0.25, -0.2) is 0 Å². The number of hydrogen-bond donors (Lipinski definition) is 1. The first-order valence-electron chi connectivity index (χ1n) is 6.29. The summed E-state index contributed by atoms with van der Waals surface area (Å²) >= 11 is 0. The lowest BCUT2D eigenvalue weighted by atomic mass is 10.0. The van der Waals surface area contributed by atoms with Crippen molar-refractivity contribution in [1.82, 2.24) is 10.2 Å². The highest BCUT2D eigenvalue weighted by Crippen LogP contribution is 2.14. The lowest BCUT2D eigenvalue weighted by molar-refractivity contribution is 0.134. The van der Waals surface area contributed by atoms with Crippen LogP contribution in [0.5, 0.6) is 0 Å². The molecule has 1 fully saturated rings. The molecular formula is C13H26N2. The van der Waals surface area contributed by atoms with Crippen LogP contribution in [0.3, 0.4) is 0 Å². The van der Waals surface area contributed by atoms with Crippen molar-refractivity contribution in [1.29, 1.82) is 0 Å². The monoisotopic (exact) mass is 210 g/mol. The van der Waals surface area contributed by atoms with Crippen molar-refractivity contribution < 1.29 is 0 Å². The van der Waals surface area contributed by atoms with Crippen molar-refractivity contribution in [2.45, 2.75) is 52.1 Å². The maximum absolute atomic E-state index is 4.03. The Morgan fingerprint density at radius 3 is 2.73 bits per heavy atom. The summed E-state index contributed by atoms with van der Waals surface area (Å²) in [7, 11) is 0. The fraction of sp³-hybridized carbons (Fsp3) is 0.846. The summed E-state index contributed by atoms with van der Waals surface area (Å²) in [6.07, 6.45) is 3.80. The van der Waals surface area contributed by atoms with Crippen molar-refractivity contribution in [3.8, 4) is 0 Å². The Morgan fingerprint density at radius 1 is 1.47 bits per heavy atom. The van der Waals surface area contributed by atoms with E-state index in [1.54, 1.807) is 0 Å². The van der Waals surface area contributed by atoms with Gasteiger partial charge in [-0.3, -0.25) is 4.90 Å². The molecule has 15 heavy (non-hydrogen) atoms. The normalized spacial score (nSPS) is 27.9. The van der Waals surface area contributed by atoms with Gasteiger partial charge in [0.2, 0.25) is 0 Å². The van der Waals surface area contributed by atoms with Gasteiger partial charge in [-0.2, -0.15) is 0 Å². The van der Waals surface area contributed by atoms with E-state index in [0.717, 1.165) is 13.1 Å². The van der Waals surface area contributed by atoms with Gasteiger partial charge in [0, 0.05) is 31.7 Å². The van der Waals surface area contributed by atoms with Crippen molar-refractivity contribution in [3.63, 3.8) is 0 Å². The van der Waals surface area contributed by atoms with Crippen LogP contribution in [0.2, 0.25) is 0 Å². The zero-order valence-corrected chi connectivity index (χ0v) is 10.6. The second kappa shape index (κ2) is 6.29. The summed E-state index contributed by atoms with van der Waals surface area (Å²) in [5.74, 6) is 0. The van der Waals surface area contributed by atoms with Gasteiger partial charge in [0.25, 0.3) is 0 Å². The first kappa shape index (κ1) is 12.7. The van der Waals surface area contributed by atoms with Crippen LogP contribution in [0.4, 0.5) is 0 Å². The molecule has 2 atom stereocenters. The van der Waals surface area contributed by atoms with Gasteiger partial charge < -0.3 is 5.32 Å². The molecule has 1 heterocycles. The molecule has 0 aromatic carbocycles. The van der Waals surface area contributed by atoms with E-state index >= 15 is 0 Å². The second-order valence-corrected chi connectivity index (χ2v) is 4.84. The molecule has 0 radical (unpaired) electrons. The zero-order chi connectivity index (χ0) is 11.3. The number of nitrogens with one attached hydrogen (secondary N) is 1. The maximum Gasteiger partial charge on any atom is 0.0222 e. The Labute approximate surface area is 94.7 Å². The summed E-state index contributed by atoms with van der Waals surface area (Å²) < 4.78 is 0. The average molecular weight is 210 g/mol. The SMILES string of the molecule is C=C(C)CN1CC(CCC)NCC1CC. The van der Waals surface area contributed by atoms with Gasteiger partial charge in [0.1, 0.15) is 0 Å². The van der Waals surface area contributed by atoms with E-state index in [0.29, 0.717) is 12.1 Å². The molecule has 1 N–H and O–H groups in total. The quantitative estimate of drug-likeness (QED) is 0.701. The molecule has 2 unspecified atom stereocenters. The topological polar surface area (TPSA) is 15.3 Å². The molecule has 0 aromatic rings. The van der Waals surface area contributed by atoms with E-state index in [1.165, 1.54) is 31.4 Å². The minimum atomic E-state index is 0.692. The highest BCUT2D eigenvalue weighted by molar-refractivity contribution is 4.96. The summed E-state index contributed by atoms with van der Waals surface area (Å²) in [5.41, 5.74) is 1.28. The lowest BCUT2D eigenvalue weighted by Gasteiger charge is -2.40. The number of hydrogen-bond acceptors (Lipinski definition) is 2. The number of nitrogens with zero attached hydrogens (tertiary/aromatic N) is 1. The molecule has 0 spiro atoms. The summed E-state index contributed by atoms with van der Waals surface area (Å²) in [4.78, 5) is 2.60. The number of rotatable bonds is 5. The van der Waals surface area contributed by atoms with Crippen LogP contribution >= 0.6 is 0 Å². The van der Waals surface area contributed by atoms with E-state index in [9.17, 15) is 0 Å². The molecule has 1 rings (SSSR count). The molecule has 0 amide bonds. The molecule has 0 saturated carbocycles.